The van der Waals surface area contributed by atoms with E-state index in [-0.39, 0.29) is 17.7 Å². The summed E-state index contributed by atoms with van der Waals surface area (Å²) in [4.78, 5) is 15.1. The Kier molecular flexibility index (Phi) is 6.45. The van der Waals surface area contributed by atoms with Crippen molar-refractivity contribution in [2.75, 3.05) is 19.8 Å². The molecule has 150 valence electrons. The number of likely N-dealkylation sites (tertiary alicyclic amines) is 1. The van der Waals surface area contributed by atoms with Crippen LogP contribution in [0.4, 0.5) is 13.2 Å². The molecule has 0 aromatic heterocycles. The van der Waals surface area contributed by atoms with Crippen molar-refractivity contribution in [3.8, 4) is 0 Å². The number of amides is 1. The van der Waals surface area contributed by atoms with E-state index in [0.29, 0.717) is 32.2 Å². The molecule has 1 aromatic carbocycles. The van der Waals surface area contributed by atoms with Gasteiger partial charge in [0.25, 0.3) is 0 Å². The van der Waals surface area contributed by atoms with Crippen LogP contribution >= 0.6 is 0 Å². The van der Waals surface area contributed by atoms with Crippen molar-refractivity contribution in [1.82, 2.24) is 4.90 Å². The molecule has 2 atom stereocenters. The molecule has 1 amide bonds. The first-order valence-corrected chi connectivity index (χ1v) is 9.94. The van der Waals surface area contributed by atoms with Crippen LogP contribution in [0.2, 0.25) is 0 Å². The van der Waals surface area contributed by atoms with Gasteiger partial charge >= 0.3 is 6.18 Å². The third kappa shape index (κ3) is 4.84. The zero-order valence-electron chi connectivity index (χ0n) is 15.8. The number of hydrogen-bond acceptors (Lipinski definition) is 2. The van der Waals surface area contributed by atoms with Gasteiger partial charge in [0.1, 0.15) is 0 Å². The minimum Gasteiger partial charge on any atom is -0.381 e. The molecule has 2 aliphatic rings. The van der Waals surface area contributed by atoms with Gasteiger partial charge in [0, 0.05) is 31.0 Å². The number of rotatable bonds is 6. The molecule has 0 spiro atoms. The summed E-state index contributed by atoms with van der Waals surface area (Å²) in [6.07, 6.45) is 1.80. The van der Waals surface area contributed by atoms with Crippen LogP contribution in [0.3, 0.4) is 0 Å². The maximum atomic E-state index is 13.1. The highest BCUT2D eigenvalue weighted by Gasteiger charge is 2.43. The molecule has 6 heteroatoms. The summed E-state index contributed by atoms with van der Waals surface area (Å²) in [5.74, 6) is 0.0309. The first kappa shape index (κ1) is 20.2. The van der Waals surface area contributed by atoms with Gasteiger partial charge in [-0.3, -0.25) is 4.79 Å². The van der Waals surface area contributed by atoms with E-state index in [1.807, 2.05) is 11.8 Å². The first-order chi connectivity index (χ1) is 12.9. The number of nitrogens with zero attached hydrogens (tertiary/aromatic N) is 1. The van der Waals surface area contributed by atoms with E-state index >= 15 is 0 Å². The van der Waals surface area contributed by atoms with Gasteiger partial charge < -0.3 is 9.64 Å². The summed E-state index contributed by atoms with van der Waals surface area (Å²) in [6, 6.07) is 5.51. The van der Waals surface area contributed by atoms with Crippen molar-refractivity contribution >= 4 is 5.91 Å². The predicted molar refractivity (Wildman–Crippen MR) is 97.2 cm³/mol. The Morgan fingerprint density at radius 1 is 1.11 bits per heavy atom. The molecule has 1 aliphatic heterocycles. The minimum atomic E-state index is -4.34. The predicted octanol–water partition coefficient (Wildman–Crippen LogP) is 4.69. The quantitative estimate of drug-likeness (QED) is 0.713. The van der Waals surface area contributed by atoms with Gasteiger partial charge in [-0.15, -0.1) is 0 Å². The van der Waals surface area contributed by atoms with Gasteiger partial charge in [-0.1, -0.05) is 31.4 Å². The van der Waals surface area contributed by atoms with Gasteiger partial charge in [-0.2, -0.15) is 13.2 Å². The van der Waals surface area contributed by atoms with Crippen LogP contribution in [0.5, 0.6) is 0 Å². The van der Waals surface area contributed by atoms with E-state index in [2.05, 4.69) is 0 Å². The molecule has 3 nitrogen and oxygen atoms in total. The van der Waals surface area contributed by atoms with Crippen molar-refractivity contribution in [2.45, 2.75) is 57.7 Å². The number of alkyl halides is 3. The van der Waals surface area contributed by atoms with E-state index in [1.165, 1.54) is 18.6 Å². The molecule has 0 bridgehead atoms. The number of carbonyl (C=O) groups is 1. The van der Waals surface area contributed by atoms with Crippen molar-refractivity contribution in [2.24, 2.45) is 11.8 Å². The van der Waals surface area contributed by atoms with Gasteiger partial charge in [0.2, 0.25) is 5.91 Å². The zero-order chi connectivity index (χ0) is 19.4. The molecular formula is C21H28F3NO2. The molecule has 1 heterocycles. The van der Waals surface area contributed by atoms with Crippen molar-refractivity contribution in [3.05, 3.63) is 35.4 Å². The lowest BCUT2D eigenvalue weighted by Gasteiger charge is -2.31. The average Bonchev–Trinajstić information content (AvgIpc) is 2.96. The molecule has 1 aliphatic carbocycles. The number of ether oxygens (including phenoxy) is 1. The highest BCUT2D eigenvalue weighted by molar-refractivity contribution is 5.82. The van der Waals surface area contributed by atoms with Crippen LogP contribution in [0.25, 0.3) is 0 Å². The fraction of sp³-hybridized carbons (Fsp3) is 0.667. The number of benzene rings is 1. The van der Waals surface area contributed by atoms with E-state index in [0.717, 1.165) is 43.4 Å². The minimum absolute atomic E-state index is 0.0988. The van der Waals surface area contributed by atoms with Crippen LogP contribution in [-0.4, -0.2) is 36.6 Å². The van der Waals surface area contributed by atoms with Gasteiger partial charge in [0.05, 0.1) is 12.2 Å². The zero-order valence-corrected chi connectivity index (χ0v) is 15.8. The summed E-state index contributed by atoms with van der Waals surface area (Å²) in [5, 5.41) is 0. The maximum Gasteiger partial charge on any atom is 0.416 e. The summed E-state index contributed by atoms with van der Waals surface area (Å²) >= 11 is 0. The maximum absolute atomic E-state index is 13.1. The molecule has 0 N–H and O–H groups in total. The summed E-state index contributed by atoms with van der Waals surface area (Å²) in [6.45, 7) is 3.76. The normalized spacial score (nSPS) is 24.6. The van der Waals surface area contributed by atoms with E-state index < -0.39 is 11.7 Å². The Balaban J connectivity index is 1.72. The Labute approximate surface area is 158 Å². The second-order valence-corrected chi connectivity index (χ2v) is 7.71. The lowest BCUT2D eigenvalue weighted by atomic mass is 9.89. The lowest BCUT2D eigenvalue weighted by molar-refractivity contribution is -0.137. The second kappa shape index (κ2) is 8.63. The van der Waals surface area contributed by atoms with E-state index in [4.69, 9.17) is 4.74 Å². The smallest absolute Gasteiger partial charge is 0.381 e. The van der Waals surface area contributed by atoms with Crippen LogP contribution < -0.4 is 0 Å². The topological polar surface area (TPSA) is 29.5 Å². The third-order valence-corrected chi connectivity index (χ3v) is 5.89. The average molecular weight is 383 g/mol. The lowest BCUT2D eigenvalue weighted by Crippen LogP contribution is -2.39. The monoisotopic (exact) mass is 383 g/mol. The molecule has 1 saturated heterocycles. The molecule has 27 heavy (non-hydrogen) atoms. The standard InChI is InChI=1S/C21H28F3NO2/c1-2-27-14-16-13-25(18-6-4-3-5-7-18)20(26)19(16)12-15-8-10-17(11-9-15)21(22,23)24/h8-11,16,18-19H,2-7,12-14H2,1H3. The Morgan fingerprint density at radius 3 is 2.37 bits per heavy atom. The number of carbonyl (C=O) groups excluding carboxylic acids is 1. The van der Waals surface area contributed by atoms with Crippen molar-refractivity contribution in [3.63, 3.8) is 0 Å². The Hall–Kier alpha value is -1.56. The summed E-state index contributed by atoms with van der Waals surface area (Å²) < 4.78 is 43.9. The fourth-order valence-corrected chi connectivity index (χ4v) is 4.38. The molecule has 2 unspecified atom stereocenters. The van der Waals surface area contributed by atoms with Gasteiger partial charge in [-0.25, -0.2) is 0 Å². The molecule has 1 saturated carbocycles. The highest BCUT2D eigenvalue weighted by Crippen LogP contribution is 2.35. The fourth-order valence-electron chi connectivity index (χ4n) is 4.38. The van der Waals surface area contributed by atoms with Crippen LogP contribution in [-0.2, 0) is 22.1 Å². The Bertz CT molecular complexity index is 623. The molecule has 0 radical (unpaired) electrons. The van der Waals surface area contributed by atoms with Gasteiger partial charge in [-0.05, 0) is 43.9 Å². The first-order valence-electron chi connectivity index (χ1n) is 9.94. The van der Waals surface area contributed by atoms with Crippen LogP contribution in [0.15, 0.2) is 24.3 Å². The largest absolute Gasteiger partial charge is 0.416 e. The molecule has 1 aromatic rings. The number of halogens is 3. The van der Waals surface area contributed by atoms with Crippen molar-refractivity contribution < 1.29 is 22.7 Å². The summed E-state index contributed by atoms with van der Waals surface area (Å²) in [5.41, 5.74) is 0.118. The van der Waals surface area contributed by atoms with Crippen LogP contribution in [0, 0.1) is 11.8 Å². The van der Waals surface area contributed by atoms with Crippen LogP contribution in [0.1, 0.15) is 50.2 Å². The van der Waals surface area contributed by atoms with E-state index in [1.54, 1.807) is 0 Å². The SMILES string of the molecule is CCOCC1CN(C2CCCCC2)C(=O)C1Cc1ccc(C(F)(F)F)cc1. The Morgan fingerprint density at radius 2 is 1.78 bits per heavy atom. The van der Waals surface area contributed by atoms with Gasteiger partial charge in [0.15, 0.2) is 0 Å². The highest BCUT2D eigenvalue weighted by atomic mass is 19.4. The molecule has 3 rings (SSSR count). The number of hydrogen-bond donors (Lipinski definition) is 0. The van der Waals surface area contributed by atoms with Crippen molar-refractivity contribution in [1.29, 1.82) is 0 Å². The molecular weight excluding hydrogens is 355 g/mol. The second-order valence-electron chi connectivity index (χ2n) is 7.71. The molecule has 2 fully saturated rings. The third-order valence-electron chi connectivity index (χ3n) is 5.89. The van der Waals surface area contributed by atoms with E-state index in [9.17, 15) is 18.0 Å². The summed E-state index contributed by atoms with van der Waals surface area (Å²) in [7, 11) is 0.